The van der Waals surface area contributed by atoms with E-state index in [-0.39, 0.29) is 0 Å². The average Bonchev–Trinajstić information content (AvgIpc) is 3.45. The van der Waals surface area contributed by atoms with Gasteiger partial charge in [-0.1, -0.05) is 38.1 Å². The van der Waals surface area contributed by atoms with Crippen molar-refractivity contribution in [1.29, 1.82) is 0 Å². The number of thioether (sulfide) groups is 1. The molecule has 39 heavy (non-hydrogen) atoms. The van der Waals surface area contributed by atoms with E-state index in [0.717, 1.165) is 44.4 Å². The molecule has 0 saturated carbocycles. The maximum absolute atomic E-state index is 9.55. The third-order valence-electron chi connectivity index (χ3n) is 5.97. The first-order valence-electron chi connectivity index (χ1n) is 13.3. The first kappa shape index (κ1) is 32.2. The molecule has 1 fully saturated rings. The summed E-state index contributed by atoms with van der Waals surface area (Å²) in [6.07, 6.45) is 3.79. The van der Waals surface area contributed by atoms with E-state index in [9.17, 15) is 9.59 Å². The first-order valence-corrected chi connectivity index (χ1v) is 14.3. The predicted octanol–water partition coefficient (Wildman–Crippen LogP) is 5.27. The summed E-state index contributed by atoms with van der Waals surface area (Å²) in [6.45, 7) is 11.6. The summed E-state index contributed by atoms with van der Waals surface area (Å²) in [5, 5.41) is 15.6. The predicted molar refractivity (Wildman–Crippen MR) is 157 cm³/mol. The Balaban J connectivity index is 0.000000580. The van der Waals surface area contributed by atoms with Gasteiger partial charge in [0.05, 0.1) is 19.4 Å². The lowest BCUT2D eigenvalue weighted by Gasteiger charge is -2.29. The van der Waals surface area contributed by atoms with Crippen LogP contribution in [0.2, 0.25) is 0 Å². The van der Waals surface area contributed by atoms with Gasteiger partial charge in [0.25, 0.3) is 0 Å². The van der Waals surface area contributed by atoms with Crippen LogP contribution in [0, 0.1) is 5.92 Å². The fourth-order valence-corrected chi connectivity index (χ4v) is 5.02. The van der Waals surface area contributed by atoms with Crippen molar-refractivity contribution in [1.82, 2.24) is 4.90 Å². The van der Waals surface area contributed by atoms with Crippen LogP contribution in [-0.2, 0) is 20.1 Å². The lowest BCUT2D eigenvalue weighted by Crippen LogP contribution is -2.36. The number of hydrogen-bond donors (Lipinski definition) is 2. The molecule has 1 aliphatic rings. The molecule has 8 nitrogen and oxygen atoms in total. The molecule has 0 spiro atoms. The van der Waals surface area contributed by atoms with Crippen molar-refractivity contribution >= 4 is 29.4 Å². The minimum Gasteiger partial charge on any atom is -0.497 e. The van der Waals surface area contributed by atoms with Crippen LogP contribution in [0.3, 0.4) is 0 Å². The molecule has 0 aliphatic carbocycles. The van der Waals surface area contributed by atoms with Gasteiger partial charge in [-0.15, -0.1) is 11.8 Å². The van der Waals surface area contributed by atoms with Gasteiger partial charge in [0.2, 0.25) is 0 Å². The molecular weight excluding hydrogens is 516 g/mol. The molecule has 0 amide bonds. The molecule has 0 radical (unpaired) electrons. The molecule has 1 aliphatic heterocycles. The molecule has 3 rings (SSSR count). The van der Waals surface area contributed by atoms with Crippen molar-refractivity contribution in [3.63, 3.8) is 0 Å². The third-order valence-corrected chi connectivity index (χ3v) is 7.10. The lowest BCUT2D eigenvalue weighted by atomic mass is 10.2. The number of nitrogens with zero attached hydrogens (tertiary/aromatic N) is 2. The second-order valence-corrected chi connectivity index (χ2v) is 10.6. The Morgan fingerprint density at radius 1 is 1.00 bits per heavy atom. The molecule has 1 saturated heterocycles. The van der Waals surface area contributed by atoms with E-state index in [2.05, 4.69) is 60.0 Å². The van der Waals surface area contributed by atoms with Crippen LogP contribution < -0.4 is 9.64 Å². The van der Waals surface area contributed by atoms with E-state index in [1.807, 2.05) is 23.9 Å². The summed E-state index contributed by atoms with van der Waals surface area (Å²) < 4.78 is 11.2. The molecule has 0 bridgehead atoms. The Hall–Kier alpha value is -3.01. The van der Waals surface area contributed by atoms with Gasteiger partial charge >= 0.3 is 11.9 Å². The van der Waals surface area contributed by atoms with Gasteiger partial charge in [-0.3, -0.25) is 0 Å². The summed E-state index contributed by atoms with van der Waals surface area (Å²) in [6, 6.07) is 17.2. The normalized spacial score (nSPS) is 13.3. The van der Waals surface area contributed by atoms with Gasteiger partial charge < -0.3 is 29.5 Å². The summed E-state index contributed by atoms with van der Waals surface area (Å²) in [5.41, 5.74) is 2.64. The molecule has 0 atom stereocenters. The molecule has 9 heteroatoms. The highest BCUT2D eigenvalue weighted by atomic mass is 32.2. The largest absolute Gasteiger partial charge is 0.497 e. The maximum atomic E-state index is 9.55. The number of benzene rings is 2. The van der Waals surface area contributed by atoms with Gasteiger partial charge in [0.1, 0.15) is 5.75 Å². The number of likely N-dealkylation sites (tertiary alicyclic amines) is 1. The van der Waals surface area contributed by atoms with E-state index < -0.39 is 11.9 Å². The van der Waals surface area contributed by atoms with E-state index in [4.69, 9.17) is 19.7 Å². The van der Waals surface area contributed by atoms with Crippen LogP contribution in [0.4, 0.5) is 5.69 Å². The summed E-state index contributed by atoms with van der Waals surface area (Å²) in [4.78, 5) is 25.6. The van der Waals surface area contributed by atoms with Crippen molar-refractivity contribution in [2.75, 3.05) is 57.9 Å². The topological polar surface area (TPSA) is 99.5 Å². The standard InChI is InChI=1S/C26H38N2O2S.C4H4O4/c1-22(2)20-30-19-18-28(17-16-27-14-6-7-15-27)25-8-4-5-9-26(25)31-21-23-10-12-24(29-3)13-11-23;5-3(6)1-2-4(7)8/h4-5,8-13,22H,6-7,14-21H2,1-3H3;1-2H,(H,5,6)(H,7,8)/b;2-1+. The van der Waals surface area contributed by atoms with Gasteiger partial charge in [-0.05, 0) is 61.7 Å². The molecule has 0 aromatic heterocycles. The van der Waals surface area contributed by atoms with Crippen LogP contribution in [0.5, 0.6) is 5.75 Å². The summed E-state index contributed by atoms with van der Waals surface area (Å²) in [7, 11) is 1.71. The molecule has 214 valence electrons. The highest BCUT2D eigenvalue weighted by Gasteiger charge is 2.16. The fourth-order valence-electron chi connectivity index (χ4n) is 3.98. The second-order valence-electron chi connectivity index (χ2n) is 9.62. The Morgan fingerprint density at radius 3 is 2.23 bits per heavy atom. The van der Waals surface area contributed by atoms with Crippen LogP contribution >= 0.6 is 11.8 Å². The smallest absolute Gasteiger partial charge is 0.328 e. The Labute approximate surface area is 236 Å². The zero-order chi connectivity index (χ0) is 28.5. The molecule has 2 aromatic carbocycles. The number of aliphatic carboxylic acids is 2. The number of methoxy groups -OCH3 is 1. The van der Waals surface area contributed by atoms with Gasteiger partial charge in [0.15, 0.2) is 0 Å². The molecule has 2 aromatic rings. The number of anilines is 1. The van der Waals surface area contributed by atoms with Crippen molar-refractivity contribution < 1.29 is 29.3 Å². The summed E-state index contributed by atoms with van der Waals surface area (Å²) >= 11 is 1.91. The van der Waals surface area contributed by atoms with Crippen molar-refractivity contribution in [2.45, 2.75) is 37.3 Å². The monoisotopic (exact) mass is 558 g/mol. The SMILES string of the molecule is COc1ccc(CSc2ccccc2N(CCOCC(C)C)CCN2CCCC2)cc1.O=C(O)/C=C/C(=O)O. The Kier molecular flexibility index (Phi) is 15.1. The number of para-hydroxylation sites is 1. The second kappa shape index (κ2) is 18.3. The van der Waals surface area contributed by atoms with Crippen LogP contribution in [0.15, 0.2) is 65.6 Å². The van der Waals surface area contributed by atoms with Crippen LogP contribution in [0.1, 0.15) is 32.3 Å². The highest BCUT2D eigenvalue weighted by molar-refractivity contribution is 7.98. The Morgan fingerprint density at radius 2 is 1.64 bits per heavy atom. The number of hydrogen-bond acceptors (Lipinski definition) is 7. The van der Waals surface area contributed by atoms with Gasteiger partial charge in [-0.2, -0.15) is 0 Å². The number of carboxylic acid groups (broad SMARTS) is 2. The van der Waals surface area contributed by atoms with Crippen molar-refractivity contribution in [2.24, 2.45) is 5.92 Å². The van der Waals surface area contributed by atoms with Gasteiger partial charge in [-0.25, -0.2) is 9.59 Å². The number of carbonyl (C=O) groups is 2. The molecule has 0 unspecified atom stereocenters. The quantitative estimate of drug-likeness (QED) is 0.172. The van der Waals surface area contributed by atoms with E-state index in [1.165, 1.54) is 42.1 Å². The zero-order valence-electron chi connectivity index (χ0n) is 23.3. The maximum Gasteiger partial charge on any atom is 0.328 e. The number of carboxylic acids is 2. The minimum atomic E-state index is -1.26. The number of ether oxygens (including phenoxy) is 2. The first-order chi connectivity index (χ1) is 18.8. The van der Waals surface area contributed by atoms with Crippen molar-refractivity contribution in [3.8, 4) is 5.75 Å². The zero-order valence-corrected chi connectivity index (χ0v) is 24.1. The minimum absolute atomic E-state index is 0.558. The average molecular weight is 559 g/mol. The molecule has 1 heterocycles. The molecule has 2 N–H and O–H groups in total. The number of rotatable bonds is 15. The molecular formula is C30H42N2O6S. The van der Waals surface area contributed by atoms with E-state index >= 15 is 0 Å². The van der Waals surface area contributed by atoms with E-state index in [1.54, 1.807) is 7.11 Å². The van der Waals surface area contributed by atoms with Crippen LogP contribution in [-0.4, -0.2) is 80.1 Å². The summed E-state index contributed by atoms with van der Waals surface area (Å²) in [5.74, 6) is -0.0843. The van der Waals surface area contributed by atoms with E-state index in [0.29, 0.717) is 18.1 Å². The van der Waals surface area contributed by atoms with Crippen LogP contribution in [0.25, 0.3) is 0 Å². The lowest BCUT2D eigenvalue weighted by molar-refractivity contribution is -0.134. The highest BCUT2D eigenvalue weighted by Crippen LogP contribution is 2.32. The fraction of sp³-hybridized carbons (Fsp3) is 0.467. The Bertz CT molecular complexity index is 1010. The third kappa shape index (κ3) is 13.6. The van der Waals surface area contributed by atoms with Crippen molar-refractivity contribution in [3.05, 3.63) is 66.2 Å². The van der Waals surface area contributed by atoms with Gasteiger partial charge in [0, 0.05) is 49.0 Å².